The van der Waals surface area contributed by atoms with Crippen LogP contribution in [0.25, 0.3) is 10.9 Å². The van der Waals surface area contributed by atoms with Crippen LogP contribution in [-0.2, 0) is 6.54 Å². The first-order chi connectivity index (χ1) is 9.56. The van der Waals surface area contributed by atoms with Crippen molar-refractivity contribution < 1.29 is 0 Å². The van der Waals surface area contributed by atoms with Crippen LogP contribution in [0.2, 0.25) is 5.15 Å². The topological polar surface area (TPSA) is 17.8 Å². The number of hydrogen-bond donors (Lipinski definition) is 0. The Hall–Kier alpha value is -0.770. The van der Waals surface area contributed by atoms with Crippen LogP contribution in [-0.4, -0.2) is 9.78 Å². The molecule has 0 saturated heterocycles. The van der Waals surface area contributed by atoms with Crippen molar-refractivity contribution >= 4 is 50.0 Å². The van der Waals surface area contributed by atoms with E-state index in [1.54, 1.807) is 0 Å². The lowest BCUT2D eigenvalue weighted by molar-refractivity contribution is 0.412. The fourth-order valence-electron chi connectivity index (χ4n) is 2.52. The van der Waals surface area contributed by atoms with E-state index in [9.17, 15) is 0 Å². The first kappa shape index (κ1) is 14.2. The summed E-state index contributed by atoms with van der Waals surface area (Å²) in [5.74, 6) is 0.623. The Morgan fingerprint density at radius 2 is 2.15 bits per heavy atom. The van der Waals surface area contributed by atoms with Crippen molar-refractivity contribution in [3.8, 4) is 0 Å². The maximum atomic E-state index is 6.34. The Labute approximate surface area is 136 Å². The second-order valence-electron chi connectivity index (χ2n) is 5.04. The van der Waals surface area contributed by atoms with Gasteiger partial charge in [0, 0.05) is 27.4 Å². The van der Waals surface area contributed by atoms with Crippen LogP contribution < -0.4 is 0 Å². The molecule has 5 heteroatoms. The molecule has 0 bridgehead atoms. The smallest absolute Gasteiger partial charge is 0.158 e. The quantitative estimate of drug-likeness (QED) is 0.691. The van der Waals surface area contributed by atoms with Crippen molar-refractivity contribution in [3.63, 3.8) is 0 Å². The average Bonchev–Trinajstić information content (AvgIpc) is 2.70. The predicted octanol–water partition coefficient (Wildman–Crippen LogP) is 5.40. The minimum atomic E-state index is 0.236. The van der Waals surface area contributed by atoms with Crippen molar-refractivity contribution in [2.45, 2.75) is 13.5 Å². The molecule has 0 fully saturated rings. The van der Waals surface area contributed by atoms with E-state index in [2.05, 4.69) is 34.0 Å². The summed E-state index contributed by atoms with van der Waals surface area (Å²) in [5.41, 5.74) is 1.02. The van der Waals surface area contributed by atoms with Crippen molar-refractivity contribution in [3.05, 3.63) is 51.1 Å². The molecule has 104 valence electrons. The summed E-state index contributed by atoms with van der Waals surface area (Å²) in [6.07, 6.45) is 6.13. The Morgan fingerprint density at radius 3 is 2.90 bits per heavy atom. The van der Waals surface area contributed by atoms with Crippen molar-refractivity contribution in [1.29, 1.82) is 0 Å². The van der Waals surface area contributed by atoms with Gasteiger partial charge in [-0.2, -0.15) is 5.10 Å². The van der Waals surface area contributed by atoms with Crippen LogP contribution in [0.5, 0.6) is 0 Å². The lowest BCUT2D eigenvalue weighted by Crippen LogP contribution is -2.20. The van der Waals surface area contributed by atoms with E-state index in [-0.39, 0.29) is 5.92 Å². The Kier molecular flexibility index (Phi) is 3.93. The highest BCUT2D eigenvalue weighted by Gasteiger charge is 2.23. The van der Waals surface area contributed by atoms with Gasteiger partial charge in [-0.3, -0.25) is 4.68 Å². The van der Waals surface area contributed by atoms with Gasteiger partial charge in [-0.05, 0) is 30.2 Å². The number of aromatic nitrogens is 2. The highest BCUT2D eigenvalue weighted by Crippen LogP contribution is 2.32. The van der Waals surface area contributed by atoms with Crippen molar-refractivity contribution in [2.24, 2.45) is 11.8 Å². The van der Waals surface area contributed by atoms with Crippen LogP contribution in [0.15, 0.2) is 45.9 Å². The molecule has 20 heavy (non-hydrogen) atoms. The molecule has 2 aromatic rings. The molecule has 0 aliphatic heterocycles. The molecule has 3 rings (SSSR count). The molecule has 0 amide bonds. The first-order valence-electron chi connectivity index (χ1n) is 6.41. The number of nitrogens with zero attached hydrogens (tertiary/aromatic N) is 2. The van der Waals surface area contributed by atoms with Gasteiger partial charge in [-0.25, -0.2) is 0 Å². The van der Waals surface area contributed by atoms with Crippen LogP contribution in [0.3, 0.4) is 0 Å². The van der Waals surface area contributed by atoms with E-state index in [0.29, 0.717) is 11.1 Å². The highest BCUT2D eigenvalue weighted by molar-refractivity contribution is 9.10. The maximum absolute atomic E-state index is 6.34. The summed E-state index contributed by atoms with van der Waals surface area (Å²) in [5, 5.41) is 6.82. The summed E-state index contributed by atoms with van der Waals surface area (Å²) in [7, 11) is 0. The molecule has 0 spiro atoms. The Bertz CT molecular complexity index is 718. The number of benzene rings is 1. The second-order valence-corrected chi connectivity index (χ2v) is 6.75. The minimum Gasteiger partial charge on any atom is -0.263 e. The molecular formula is C15H13BrCl2N2. The molecule has 2 unspecified atom stereocenters. The van der Waals surface area contributed by atoms with Crippen LogP contribution >= 0.6 is 39.1 Å². The molecule has 0 N–H and O–H groups in total. The summed E-state index contributed by atoms with van der Waals surface area (Å²) >= 11 is 16.0. The molecule has 2 nitrogen and oxygen atoms in total. The summed E-state index contributed by atoms with van der Waals surface area (Å²) in [4.78, 5) is 0. The maximum Gasteiger partial charge on any atom is 0.158 e. The number of hydrogen-bond acceptors (Lipinski definition) is 1. The lowest BCUT2D eigenvalue weighted by Gasteiger charge is -2.23. The third-order valence-electron chi connectivity index (χ3n) is 3.70. The van der Waals surface area contributed by atoms with Crippen molar-refractivity contribution in [1.82, 2.24) is 9.78 Å². The molecule has 1 aromatic carbocycles. The number of fused-ring (bicyclic) bond motifs is 1. The van der Waals surface area contributed by atoms with Gasteiger partial charge in [-0.1, -0.05) is 58.2 Å². The number of halogens is 3. The molecule has 2 atom stereocenters. The fourth-order valence-corrected chi connectivity index (χ4v) is 3.46. The van der Waals surface area contributed by atoms with E-state index in [0.717, 1.165) is 27.0 Å². The Balaban J connectivity index is 2.01. The van der Waals surface area contributed by atoms with Crippen molar-refractivity contribution in [2.75, 3.05) is 0 Å². The molecule has 0 radical (unpaired) electrons. The Morgan fingerprint density at radius 1 is 1.35 bits per heavy atom. The van der Waals surface area contributed by atoms with E-state index < -0.39 is 0 Å². The zero-order valence-electron chi connectivity index (χ0n) is 10.9. The largest absolute Gasteiger partial charge is 0.263 e. The second kappa shape index (κ2) is 5.55. The SMILES string of the molecule is CC1C=CC=C(Cl)C1Cn1nc(Cl)c2ccc(Br)cc21. The molecule has 1 aliphatic rings. The lowest BCUT2D eigenvalue weighted by atomic mass is 9.90. The number of allylic oxidation sites excluding steroid dienone is 4. The van der Waals surface area contributed by atoms with Gasteiger partial charge in [0.1, 0.15) is 0 Å². The fraction of sp³-hybridized carbons (Fsp3) is 0.267. The van der Waals surface area contributed by atoms with Crippen LogP contribution in [0, 0.1) is 11.8 Å². The molecule has 1 aliphatic carbocycles. The first-order valence-corrected chi connectivity index (χ1v) is 7.96. The predicted molar refractivity (Wildman–Crippen MR) is 88.2 cm³/mol. The average molecular weight is 372 g/mol. The van der Waals surface area contributed by atoms with E-state index in [1.807, 2.05) is 35.0 Å². The third-order valence-corrected chi connectivity index (χ3v) is 4.88. The summed E-state index contributed by atoms with van der Waals surface area (Å²) in [6, 6.07) is 5.99. The van der Waals surface area contributed by atoms with E-state index in [1.165, 1.54) is 0 Å². The standard InChI is InChI=1S/C15H13BrCl2N2/c1-9-3-2-4-13(17)12(9)8-20-14-7-10(16)5-6-11(14)15(18)19-20/h2-7,9,12H,8H2,1H3. The van der Waals surface area contributed by atoms with Gasteiger partial charge < -0.3 is 0 Å². The van der Waals surface area contributed by atoms with Crippen LogP contribution in [0.4, 0.5) is 0 Å². The van der Waals surface area contributed by atoms with Gasteiger partial charge >= 0.3 is 0 Å². The molecular weight excluding hydrogens is 359 g/mol. The van der Waals surface area contributed by atoms with Gasteiger partial charge in [0.25, 0.3) is 0 Å². The monoisotopic (exact) mass is 370 g/mol. The normalized spacial score (nSPS) is 22.3. The molecule has 1 heterocycles. The van der Waals surface area contributed by atoms with Crippen LogP contribution in [0.1, 0.15) is 6.92 Å². The zero-order valence-corrected chi connectivity index (χ0v) is 14.0. The summed E-state index contributed by atoms with van der Waals surface area (Å²) < 4.78 is 2.96. The van der Waals surface area contributed by atoms with E-state index >= 15 is 0 Å². The molecule has 1 aromatic heterocycles. The highest BCUT2D eigenvalue weighted by atomic mass is 79.9. The third kappa shape index (κ3) is 2.54. The van der Waals surface area contributed by atoms with Gasteiger partial charge in [-0.15, -0.1) is 0 Å². The number of rotatable bonds is 2. The zero-order chi connectivity index (χ0) is 14.3. The van der Waals surface area contributed by atoms with Gasteiger partial charge in [0.05, 0.1) is 5.52 Å². The molecule has 0 saturated carbocycles. The summed E-state index contributed by atoms with van der Waals surface area (Å²) in [6.45, 7) is 2.89. The van der Waals surface area contributed by atoms with Gasteiger partial charge in [0.15, 0.2) is 5.15 Å². The minimum absolute atomic E-state index is 0.236. The van der Waals surface area contributed by atoms with Gasteiger partial charge in [0.2, 0.25) is 0 Å². The van der Waals surface area contributed by atoms with E-state index in [4.69, 9.17) is 23.2 Å².